The van der Waals surface area contributed by atoms with Gasteiger partial charge in [-0.25, -0.2) is 4.79 Å². The molecule has 0 unspecified atom stereocenters. The van der Waals surface area contributed by atoms with Gasteiger partial charge in [-0.3, -0.25) is 4.98 Å². The van der Waals surface area contributed by atoms with Crippen molar-refractivity contribution >= 4 is 22.4 Å². The second kappa shape index (κ2) is 5.57. The summed E-state index contributed by atoms with van der Waals surface area (Å²) in [7, 11) is 0. The summed E-state index contributed by atoms with van der Waals surface area (Å²) < 4.78 is 10.7. The van der Waals surface area contributed by atoms with E-state index in [0.29, 0.717) is 18.9 Å². The summed E-state index contributed by atoms with van der Waals surface area (Å²) in [6.45, 7) is 6.91. The maximum atomic E-state index is 11.8. The van der Waals surface area contributed by atoms with Crippen LogP contribution in [0.3, 0.4) is 0 Å². The highest BCUT2D eigenvalue weighted by Crippen LogP contribution is 2.31. The van der Waals surface area contributed by atoms with Gasteiger partial charge in [0, 0.05) is 11.8 Å². The van der Waals surface area contributed by atoms with Gasteiger partial charge in [-0.15, -0.1) is 0 Å². The predicted octanol–water partition coefficient (Wildman–Crippen LogP) is 3.32. The summed E-state index contributed by atoms with van der Waals surface area (Å²) >= 11 is 0. The summed E-state index contributed by atoms with van der Waals surface area (Å²) in [5.74, 6) is -0.341. The number of fused-ring (bicyclic) bond motifs is 1. The third-order valence-corrected chi connectivity index (χ3v) is 3.75. The van der Waals surface area contributed by atoms with E-state index in [1.54, 1.807) is 13.1 Å². The van der Waals surface area contributed by atoms with E-state index in [4.69, 9.17) is 9.47 Å². The molecular formula is C17H20N2O3. The number of nitrogens with zero attached hydrogens (tertiary/aromatic N) is 1. The lowest BCUT2D eigenvalue weighted by molar-refractivity contribution is -0.00306. The van der Waals surface area contributed by atoms with Gasteiger partial charge in [0.1, 0.15) is 5.69 Å². The van der Waals surface area contributed by atoms with Crippen molar-refractivity contribution in [1.29, 1.82) is 0 Å². The molecule has 2 aromatic rings. The Bertz CT molecular complexity index is 743. The van der Waals surface area contributed by atoms with Gasteiger partial charge in [-0.2, -0.15) is 0 Å². The van der Waals surface area contributed by atoms with E-state index in [-0.39, 0.29) is 11.6 Å². The molecule has 0 radical (unpaired) electrons. The first-order valence-corrected chi connectivity index (χ1v) is 7.48. The number of ether oxygens (including phenoxy) is 2. The molecule has 1 N–H and O–H groups in total. The van der Waals surface area contributed by atoms with E-state index in [9.17, 15) is 4.79 Å². The summed E-state index contributed by atoms with van der Waals surface area (Å²) in [5, 5.41) is 0.957. The van der Waals surface area contributed by atoms with Crippen LogP contribution in [0.4, 0.5) is 0 Å². The van der Waals surface area contributed by atoms with E-state index < -0.39 is 0 Å². The molecule has 0 atom stereocenters. The summed E-state index contributed by atoms with van der Waals surface area (Å²) in [6, 6.07) is 3.81. The van der Waals surface area contributed by atoms with Crippen LogP contribution in [0.25, 0.3) is 16.5 Å². The summed E-state index contributed by atoms with van der Waals surface area (Å²) in [6.07, 6.45) is 4.65. The maximum absolute atomic E-state index is 11.8. The van der Waals surface area contributed by atoms with Crippen molar-refractivity contribution in [3.63, 3.8) is 0 Å². The fourth-order valence-electron chi connectivity index (χ4n) is 2.67. The summed E-state index contributed by atoms with van der Waals surface area (Å²) in [4.78, 5) is 19.3. The molecule has 22 heavy (non-hydrogen) atoms. The van der Waals surface area contributed by atoms with Gasteiger partial charge in [0.25, 0.3) is 0 Å². The standard InChI is InChI=1S/C17H20N2O3/c1-4-21-16(20)14-8-12-7-13(18-10-15(12)19-14)11-5-6-22-17(2,3)9-11/h5,7-8,10,19H,4,6,9H2,1-3H3. The lowest BCUT2D eigenvalue weighted by Gasteiger charge is -2.30. The van der Waals surface area contributed by atoms with Crippen molar-refractivity contribution in [1.82, 2.24) is 9.97 Å². The SMILES string of the molecule is CCOC(=O)c1cc2cc(C3=CCOC(C)(C)C3)ncc2[nH]1. The molecule has 5 nitrogen and oxygen atoms in total. The molecule has 0 aliphatic carbocycles. The van der Waals surface area contributed by atoms with Gasteiger partial charge in [-0.1, -0.05) is 6.08 Å². The topological polar surface area (TPSA) is 64.2 Å². The number of nitrogens with one attached hydrogen (secondary N) is 1. The molecule has 0 saturated carbocycles. The Morgan fingerprint density at radius 3 is 3.00 bits per heavy atom. The minimum absolute atomic E-state index is 0.172. The molecule has 5 heteroatoms. The zero-order valence-corrected chi connectivity index (χ0v) is 13.1. The Morgan fingerprint density at radius 1 is 1.45 bits per heavy atom. The number of hydrogen-bond acceptors (Lipinski definition) is 4. The molecular weight excluding hydrogens is 280 g/mol. The predicted molar refractivity (Wildman–Crippen MR) is 84.7 cm³/mol. The quantitative estimate of drug-likeness (QED) is 0.883. The van der Waals surface area contributed by atoms with Crippen molar-refractivity contribution in [3.8, 4) is 0 Å². The van der Waals surface area contributed by atoms with Crippen LogP contribution in [0, 0.1) is 0 Å². The second-order valence-corrected chi connectivity index (χ2v) is 6.04. The smallest absolute Gasteiger partial charge is 0.354 e. The third-order valence-electron chi connectivity index (χ3n) is 3.75. The Labute approximate surface area is 129 Å². The summed E-state index contributed by atoms with van der Waals surface area (Å²) in [5.41, 5.74) is 3.22. The van der Waals surface area contributed by atoms with Crippen LogP contribution in [-0.4, -0.2) is 34.8 Å². The van der Waals surface area contributed by atoms with Crippen LogP contribution < -0.4 is 0 Å². The second-order valence-electron chi connectivity index (χ2n) is 6.04. The van der Waals surface area contributed by atoms with Crippen LogP contribution in [0.15, 0.2) is 24.4 Å². The number of esters is 1. The first-order chi connectivity index (χ1) is 10.5. The van der Waals surface area contributed by atoms with Gasteiger partial charge < -0.3 is 14.5 Å². The van der Waals surface area contributed by atoms with E-state index >= 15 is 0 Å². The molecule has 1 aliphatic rings. The Kier molecular flexibility index (Phi) is 3.74. The monoisotopic (exact) mass is 300 g/mol. The fourth-order valence-corrected chi connectivity index (χ4v) is 2.67. The van der Waals surface area contributed by atoms with Crippen LogP contribution in [0.5, 0.6) is 0 Å². The molecule has 0 saturated heterocycles. The Balaban J connectivity index is 1.93. The molecule has 1 aliphatic heterocycles. The molecule has 0 spiro atoms. The van der Waals surface area contributed by atoms with Gasteiger partial charge in [0.15, 0.2) is 0 Å². The number of H-pyrrole nitrogens is 1. The van der Waals surface area contributed by atoms with Crippen molar-refractivity contribution in [3.05, 3.63) is 35.8 Å². The number of aromatic nitrogens is 2. The van der Waals surface area contributed by atoms with Crippen molar-refractivity contribution in [2.45, 2.75) is 32.8 Å². The number of carbonyl (C=O) groups excluding carboxylic acids is 1. The highest BCUT2D eigenvalue weighted by molar-refractivity contribution is 5.95. The normalized spacial score (nSPS) is 17.3. The van der Waals surface area contributed by atoms with E-state index in [2.05, 4.69) is 29.9 Å². The van der Waals surface area contributed by atoms with Crippen LogP contribution >= 0.6 is 0 Å². The first kappa shape index (κ1) is 14.8. The zero-order valence-electron chi connectivity index (χ0n) is 13.1. The highest BCUT2D eigenvalue weighted by Gasteiger charge is 2.25. The minimum Gasteiger partial charge on any atom is -0.461 e. The molecule has 0 fully saturated rings. The molecule has 3 heterocycles. The molecule has 2 aromatic heterocycles. The molecule has 0 amide bonds. The van der Waals surface area contributed by atoms with Gasteiger partial charge in [-0.05, 0) is 38.5 Å². The van der Waals surface area contributed by atoms with Crippen molar-refractivity contribution < 1.29 is 14.3 Å². The fraction of sp³-hybridized carbons (Fsp3) is 0.412. The number of rotatable bonds is 3. The largest absolute Gasteiger partial charge is 0.461 e. The van der Waals surface area contributed by atoms with E-state index in [0.717, 1.165) is 23.0 Å². The van der Waals surface area contributed by atoms with Crippen molar-refractivity contribution in [2.24, 2.45) is 0 Å². The Morgan fingerprint density at radius 2 is 2.27 bits per heavy atom. The van der Waals surface area contributed by atoms with E-state index in [1.807, 2.05) is 12.1 Å². The van der Waals surface area contributed by atoms with Crippen LogP contribution in [0.2, 0.25) is 0 Å². The molecule has 116 valence electrons. The number of hydrogen-bond donors (Lipinski definition) is 1. The number of pyridine rings is 1. The minimum atomic E-state index is -0.341. The first-order valence-electron chi connectivity index (χ1n) is 7.48. The Hall–Kier alpha value is -2.14. The van der Waals surface area contributed by atoms with Gasteiger partial charge in [0.05, 0.1) is 36.2 Å². The lowest BCUT2D eigenvalue weighted by Crippen LogP contribution is -2.28. The highest BCUT2D eigenvalue weighted by atomic mass is 16.5. The molecule has 0 bridgehead atoms. The van der Waals surface area contributed by atoms with Gasteiger partial charge in [0.2, 0.25) is 0 Å². The van der Waals surface area contributed by atoms with Crippen LogP contribution in [-0.2, 0) is 9.47 Å². The zero-order chi connectivity index (χ0) is 15.7. The lowest BCUT2D eigenvalue weighted by atomic mass is 9.93. The average Bonchev–Trinajstić information content (AvgIpc) is 2.89. The average molecular weight is 300 g/mol. The maximum Gasteiger partial charge on any atom is 0.354 e. The molecule has 0 aromatic carbocycles. The van der Waals surface area contributed by atoms with Gasteiger partial charge >= 0.3 is 5.97 Å². The van der Waals surface area contributed by atoms with Crippen LogP contribution in [0.1, 0.15) is 43.4 Å². The van der Waals surface area contributed by atoms with E-state index in [1.165, 1.54) is 5.57 Å². The molecule has 3 rings (SSSR count). The third kappa shape index (κ3) is 2.90. The number of aromatic amines is 1. The van der Waals surface area contributed by atoms with Crippen molar-refractivity contribution in [2.75, 3.05) is 13.2 Å². The number of carbonyl (C=O) groups is 1.